The van der Waals surface area contributed by atoms with E-state index in [0.29, 0.717) is 12.0 Å². The fraction of sp³-hybridized carbons (Fsp3) is 0.375. The molecular weight excluding hydrogens is 472 g/mol. The molecule has 5 rings (SSSR count). The largest absolute Gasteiger partial charge is 0.487 e. The lowest BCUT2D eigenvalue weighted by Crippen LogP contribution is -2.46. The van der Waals surface area contributed by atoms with Crippen LogP contribution in [0.4, 0.5) is 5.13 Å². The average molecular weight is 499 g/mol. The summed E-state index contributed by atoms with van der Waals surface area (Å²) < 4.78 is 35.5. The maximum absolute atomic E-state index is 13.2. The van der Waals surface area contributed by atoms with Crippen LogP contribution in [0.1, 0.15) is 66.1 Å². The zero-order valence-electron chi connectivity index (χ0n) is 18.8. The monoisotopic (exact) mass is 498 g/mol. The number of carbonyl (C=O) groups is 1. The highest BCUT2D eigenvalue weighted by molar-refractivity contribution is 7.91. The van der Waals surface area contributed by atoms with Gasteiger partial charge in [-0.2, -0.15) is 0 Å². The van der Waals surface area contributed by atoms with Gasteiger partial charge in [-0.25, -0.2) is 13.1 Å². The normalized spacial score (nSPS) is 19.3. The van der Waals surface area contributed by atoms with Crippen molar-refractivity contribution in [1.82, 2.24) is 14.9 Å². The first-order chi connectivity index (χ1) is 16.3. The quantitative estimate of drug-likeness (QED) is 0.497. The van der Waals surface area contributed by atoms with Crippen molar-refractivity contribution in [1.29, 1.82) is 0 Å². The number of sulfonamides is 1. The van der Waals surface area contributed by atoms with E-state index in [0.717, 1.165) is 53.9 Å². The topological polar surface area (TPSA) is 110 Å². The minimum Gasteiger partial charge on any atom is -0.487 e. The molecule has 2 N–H and O–H groups in total. The molecule has 0 radical (unpaired) electrons. The van der Waals surface area contributed by atoms with E-state index < -0.39 is 16.1 Å². The molecule has 1 aromatic heterocycles. The molecule has 1 amide bonds. The van der Waals surface area contributed by atoms with E-state index in [1.165, 1.54) is 6.42 Å². The smallest absolute Gasteiger partial charge is 0.270 e. The van der Waals surface area contributed by atoms with Crippen LogP contribution < -0.4 is 14.8 Å². The second-order valence-electron chi connectivity index (χ2n) is 8.96. The zero-order valence-corrected chi connectivity index (χ0v) is 20.4. The van der Waals surface area contributed by atoms with Crippen molar-refractivity contribution in [3.05, 3.63) is 65.2 Å². The molecule has 0 bridgehead atoms. The number of aryl methyl sites for hydroxylation is 1. The molecule has 1 aliphatic carbocycles. The third-order valence-corrected chi connectivity index (χ3v) is 9.07. The molecule has 1 atom stereocenters. The summed E-state index contributed by atoms with van der Waals surface area (Å²) in [5.41, 5.74) is 1.88. The number of amides is 1. The first kappa shape index (κ1) is 22.9. The Morgan fingerprint density at radius 3 is 2.68 bits per heavy atom. The van der Waals surface area contributed by atoms with E-state index in [-0.39, 0.29) is 21.0 Å². The minimum absolute atomic E-state index is 0.128. The van der Waals surface area contributed by atoms with Crippen LogP contribution >= 0.6 is 11.3 Å². The van der Waals surface area contributed by atoms with Crippen molar-refractivity contribution in [3.8, 4) is 5.75 Å². The van der Waals surface area contributed by atoms with E-state index in [1.807, 2.05) is 37.3 Å². The SMILES string of the molecule is Cc1cccc(C(=O)Nc2nnc(S(=O)(=O)NC3CC4(CCCCC4)Oc4ccccc43)s2)c1. The van der Waals surface area contributed by atoms with Crippen molar-refractivity contribution in [2.24, 2.45) is 0 Å². The van der Waals surface area contributed by atoms with Gasteiger partial charge in [0.15, 0.2) is 0 Å². The second kappa shape index (κ2) is 9.09. The first-order valence-electron chi connectivity index (χ1n) is 11.4. The number of para-hydroxylation sites is 1. The summed E-state index contributed by atoms with van der Waals surface area (Å²) in [6.07, 6.45) is 5.70. The molecule has 2 aromatic carbocycles. The molecule has 2 heterocycles. The Balaban J connectivity index is 1.35. The Kier molecular flexibility index (Phi) is 6.13. The van der Waals surface area contributed by atoms with E-state index in [1.54, 1.807) is 18.2 Å². The van der Waals surface area contributed by atoms with Crippen LogP contribution in [0.5, 0.6) is 5.75 Å². The summed E-state index contributed by atoms with van der Waals surface area (Å²) in [6, 6.07) is 14.3. The number of nitrogens with zero attached hydrogens (tertiary/aromatic N) is 2. The van der Waals surface area contributed by atoms with Crippen molar-refractivity contribution in [2.75, 3.05) is 5.32 Å². The highest BCUT2D eigenvalue weighted by atomic mass is 32.2. The average Bonchev–Trinajstić information content (AvgIpc) is 3.29. The second-order valence-corrected chi connectivity index (χ2v) is 11.8. The molecule has 3 aromatic rings. The van der Waals surface area contributed by atoms with Gasteiger partial charge in [0.05, 0.1) is 6.04 Å². The fourth-order valence-corrected chi connectivity index (χ4v) is 6.91. The molecule has 34 heavy (non-hydrogen) atoms. The van der Waals surface area contributed by atoms with Gasteiger partial charge in [0, 0.05) is 17.5 Å². The van der Waals surface area contributed by atoms with Crippen LogP contribution in [-0.2, 0) is 10.0 Å². The van der Waals surface area contributed by atoms with Crippen LogP contribution in [0.2, 0.25) is 0 Å². The molecule has 10 heteroatoms. The predicted molar refractivity (Wildman–Crippen MR) is 130 cm³/mol. The van der Waals surface area contributed by atoms with Gasteiger partial charge in [-0.05, 0) is 50.8 Å². The first-order valence-corrected chi connectivity index (χ1v) is 13.7. The number of fused-ring (bicyclic) bond motifs is 1. The van der Waals surface area contributed by atoms with Gasteiger partial charge in [-0.3, -0.25) is 10.1 Å². The summed E-state index contributed by atoms with van der Waals surface area (Å²) in [5, 5.41) is 10.5. The predicted octanol–water partition coefficient (Wildman–Crippen LogP) is 4.60. The maximum Gasteiger partial charge on any atom is 0.270 e. The molecule has 1 aliphatic heterocycles. The molecule has 1 unspecified atom stereocenters. The Labute approximate surface area is 202 Å². The number of aromatic nitrogens is 2. The van der Waals surface area contributed by atoms with Gasteiger partial charge < -0.3 is 4.74 Å². The van der Waals surface area contributed by atoms with Gasteiger partial charge >= 0.3 is 0 Å². The third-order valence-electron chi connectivity index (χ3n) is 6.40. The van der Waals surface area contributed by atoms with Crippen LogP contribution in [-0.4, -0.2) is 30.1 Å². The minimum atomic E-state index is -3.96. The standard InChI is InChI=1S/C24H26N4O4S2/c1-16-8-7-9-17(14-16)21(29)25-22-26-27-23(33-22)34(30,31)28-19-15-24(12-5-2-6-13-24)32-20-11-4-3-10-18(19)20/h3-4,7-11,14,19,28H,2,5-6,12-13,15H2,1H3,(H,25,26,29). The fourth-order valence-electron chi connectivity index (χ4n) is 4.79. The Bertz CT molecular complexity index is 1320. The number of carbonyl (C=O) groups excluding carboxylic acids is 1. The lowest BCUT2D eigenvalue weighted by molar-refractivity contribution is 0.0000716. The molecular formula is C24H26N4O4S2. The number of benzene rings is 2. The van der Waals surface area contributed by atoms with Gasteiger partial charge in [-0.1, -0.05) is 53.7 Å². The summed E-state index contributed by atoms with van der Waals surface area (Å²) in [5.74, 6) is 0.362. The number of rotatable bonds is 5. The molecule has 0 saturated heterocycles. The summed E-state index contributed by atoms with van der Waals surface area (Å²) in [7, 11) is -3.96. The van der Waals surface area contributed by atoms with E-state index >= 15 is 0 Å². The molecule has 1 saturated carbocycles. The number of anilines is 1. The number of hydrogen-bond donors (Lipinski definition) is 2. The van der Waals surface area contributed by atoms with Gasteiger partial charge in [0.2, 0.25) is 9.47 Å². The van der Waals surface area contributed by atoms with E-state index in [2.05, 4.69) is 20.2 Å². The van der Waals surface area contributed by atoms with E-state index in [9.17, 15) is 13.2 Å². The molecule has 1 fully saturated rings. The zero-order chi connectivity index (χ0) is 23.8. The maximum atomic E-state index is 13.2. The lowest BCUT2D eigenvalue weighted by atomic mass is 9.77. The van der Waals surface area contributed by atoms with Crippen LogP contribution in [0.25, 0.3) is 0 Å². The molecule has 1 spiro atoms. The van der Waals surface area contributed by atoms with Crippen molar-refractivity contribution >= 4 is 32.4 Å². The summed E-state index contributed by atoms with van der Waals surface area (Å²) in [6.45, 7) is 1.89. The Morgan fingerprint density at radius 2 is 1.88 bits per heavy atom. The van der Waals surface area contributed by atoms with Crippen molar-refractivity contribution < 1.29 is 17.9 Å². The van der Waals surface area contributed by atoms with Crippen molar-refractivity contribution in [2.45, 2.75) is 61.4 Å². The van der Waals surface area contributed by atoms with Gasteiger partial charge in [-0.15, -0.1) is 10.2 Å². The summed E-state index contributed by atoms with van der Waals surface area (Å²) in [4.78, 5) is 12.5. The Morgan fingerprint density at radius 1 is 1.09 bits per heavy atom. The molecule has 2 aliphatic rings. The number of ether oxygens (including phenoxy) is 1. The Hall–Kier alpha value is -2.82. The van der Waals surface area contributed by atoms with Gasteiger partial charge in [0.1, 0.15) is 11.4 Å². The van der Waals surface area contributed by atoms with Crippen LogP contribution in [0.15, 0.2) is 52.9 Å². The number of nitrogens with one attached hydrogen (secondary N) is 2. The molecule has 178 valence electrons. The number of hydrogen-bond acceptors (Lipinski definition) is 7. The van der Waals surface area contributed by atoms with Gasteiger partial charge in [0.25, 0.3) is 15.9 Å². The van der Waals surface area contributed by atoms with Crippen molar-refractivity contribution in [3.63, 3.8) is 0 Å². The molecule has 8 nitrogen and oxygen atoms in total. The van der Waals surface area contributed by atoms with Crippen LogP contribution in [0.3, 0.4) is 0 Å². The highest BCUT2D eigenvalue weighted by Gasteiger charge is 2.43. The van der Waals surface area contributed by atoms with Crippen LogP contribution in [0, 0.1) is 6.92 Å². The van der Waals surface area contributed by atoms with E-state index in [4.69, 9.17) is 4.74 Å². The third kappa shape index (κ3) is 4.70. The summed E-state index contributed by atoms with van der Waals surface area (Å²) >= 11 is 0.828. The highest BCUT2D eigenvalue weighted by Crippen LogP contribution is 2.46. The lowest BCUT2D eigenvalue weighted by Gasteiger charge is -2.44.